The van der Waals surface area contributed by atoms with Crippen LogP contribution in [0.3, 0.4) is 0 Å². The molecule has 0 aliphatic rings. The molecule has 0 aliphatic carbocycles. The molecule has 2 nitrogen and oxygen atoms in total. The van der Waals surface area contributed by atoms with Crippen molar-refractivity contribution in [2.75, 3.05) is 7.05 Å². The van der Waals surface area contributed by atoms with Crippen molar-refractivity contribution in [3.8, 4) is 12.1 Å². The maximum Gasteiger partial charge on any atom is 0.312 e. The van der Waals surface area contributed by atoms with Crippen molar-refractivity contribution in [2.24, 2.45) is 0 Å². The zero-order valence-corrected chi connectivity index (χ0v) is 6.20. The first-order chi connectivity index (χ1) is 5.38. The Kier molecular flexibility index (Phi) is 2.25. The van der Waals surface area contributed by atoms with Crippen LogP contribution in [0, 0.1) is 17.4 Å². The van der Waals surface area contributed by atoms with E-state index in [1.165, 1.54) is 0 Å². The lowest BCUT2D eigenvalue weighted by molar-refractivity contribution is 1.47. The third-order valence-electron chi connectivity index (χ3n) is 1.28. The van der Waals surface area contributed by atoms with E-state index in [-0.39, 0.29) is 0 Å². The summed E-state index contributed by atoms with van der Waals surface area (Å²) >= 11 is 0. The molecule has 0 unspecified atom stereocenters. The predicted octanol–water partition coefficient (Wildman–Crippen LogP) is 1.87. The molecule has 0 aromatic heterocycles. The SMILES string of the molecule is C[N+]#Cc1ccccc1C#N. The number of hydrogen-bond donors (Lipinski definition) is 0. The Morgan fingerprint density at radius 2 is 1.91 bits per heavy atom. The van der Waals surface area contributed by atoms with Crippen molar-refractivity contribution in [3.63, 3.8) is 0 Å². The highest BCUT2D eigenvalue weighted by Gasteiger charge is 2.00. The first-order valence-corrected chi connectivity index (χ1v) is 3.22. The van der Waals surface area contributed by atoms with Gasteiger partial charge in [-0.15, -0.1) is 0 Å². The molecule has 2 heteroatoms. The Balaban J connectivity index is 3.22. The van der Waals surface area contributed by atoms with Gasteiger partial charge in [-0.05, 0) is 12.1 Å². The lowest BCUT2D eigenvalue weighted by Gasteiger charge is -1.85. The van der Waals surface area contributed by atoms with Gasteiger partial charge in [-0.25, -0.2) is 0 Å². The van der Waals surface area contributed by atoms with Crippen molar-refractivity contribution in [1.29, 1.82) is 5.26 Å². The highest BCUT2D eigenvalue weighted by atomic mass is 14.6. The summed E-state index contributed by atoms with van der Waals surface area (Å²) in [7, 11) is 1.63. The molecule has 1 aromatic carbocycles. The van der Waals surface area contributed by atoms with Crippen LogP contribution in [0.5, 0.6) is 0 Å². The lowest BCUT2D eigenvalue weighted by Crippen LogP contribution is -1.79. The second-order valence-electron chi connectivity index (χ2n) is 1.99. The molecular formula is C9H7N2+. The molecule has 52 valence electrons. The summed E-state index contributed by atoms with van der Waals surface area (Å²) in [6.45, 7) is 0. The fraction of sp³-hybridized carbons (Fsp3) is 0.111. The fourth-order valence-corrected chi connectivity index (χ4v) is 0.799. The molecular weight excluding hydrogens is 136 g/mol. The van der Waals surface area contributed by atoms with E-state index in [1.54, 1.807) is 13.1 Å². The minimum atomic E-state index is 0.609. The van der Waals surface area contributed by atoms with Gasteiger partial charge < -0.3 is 0 Å². The van der Waals surface area contributed by atoms with Crippen molar-refractivity contribution in [3.05, 3.63) is 40.2 Å². The molecule has 0 saturated carbocycles. The first kappa shape index (κ1) is 7.31. The van der Waals surface area contributed by atoms with Gasteiger partial charge in [0.2, 0.25) is 0 Å². The summed E-state index contributed by atoms with van der Waals surface area (Å²) in [5.74, 6) is 0. The number of nitrogens with zero attached hydrogens (tertiary/aromatic N) is 2. The monoisotopic (exact) mass is 143 g/mol. The Labute approximate surface area is 65.5 Å². The molecule has 1 aromatic rings. The van der Waals surface area contributed by atoms with Gasteiger partial charge in [-0.3, -0.25) is 0 Å². The number of rotatable bonds is 0. The van der Waals surface area contributed by atoms with E-state index < -0.39 is 0 Å². The van der Waals surface area contributed by atoms with Gasteiger partial charge in [-0.2, -0.15) is 5.26 Å². The van der Waals surface area contributed by atoms with Crippen LogP contribution in [0.4, 0.5) is 0 Å². The topological polar surface area (TPSA) is 28.1 Å². The lowest BCUT2D eigenvalue weighted by atomic mass is 10.1. The molecule has 0 saturated heterocycles. The minimum absolute atomic E-state index is 0.609. The van der Waals surface area contributed by atoms with E-state index in [9.17, 15) is 0 Å². The van der Waals surface area contributed by atoms with Crippen LogP contribution in [0.25, 0.3) is 4.85 Å². The van der Waals surface area contributed by atoms with Crippen molar-refractivity contribution in [1.82, 2.24) is 0 Å². The van der Waals surface area contributed by atoms with Crippen molar-refractivity contribution < 1.29 is 0 Å². The average molecular weight is 143 g/mol. The van der Waals surface area contributed by atoms with Gasteiger partial charge in [0.25, 0.3) is 7.05 Å². The quantitative estimate of drug-likeness (QED) is 0.544. The maximum atomic E-state index is 8.61. The summed E-state index contributed by atoms with van der Waals surface area (Å²) in [5.41, 5.74) is 1.36. The molecule has 0 amide bonds. The second kappa shape index (κ2) is 3.39. The molecule has 0 N–H and O–H groups in total. The normalized spacial score (nSPS) is 7.64. The Morgan fingerprint density at radius 3 is 2.45 bits per heavy atom. The van der Waals surface area contributed by atoms with Gasteiger partial charge in [-0.1, -0.05) is 17.0 Å². The second-order valence-corrected chi connectivity index (χ2v) is 1.99. The highest BCUT2D eigenvalue weighted by Crippen LogP contribution is 2.04. The minimum Gasteiger partial charge on any atom is -0.192 e. The van der Waals surface area contributed by atoms with Gasteiger partial charge >= 0.3 is 6.07 Å². The molecule has 0 radical (unpaired) electrons. The average Bonchev–Trinajstić information content (AvgIpc) is 2.06. The summed E-state index contributed by atoms with van der Waals surface area (Å²) < 4.78 is 0. The molecule has 11 heavy (non-hydrogen) atoms. The Morgan fingerprint density at radius 1 is 1.27 bits per heavy atom. The Bertz CT molecular complexity index is 350. The molecule has 0 fully saturated rings. The smallest absolute Gasteiger partial charge is 0.192 e. The van der Waals surface area contributed by atoms with Crippen molar-refractivity contribution >= 4 is 0 Å². The van der Waals surface area contributed by atoms with E-state index in [0.29, 0.717) is 5.56 Å². The van der Waals surface area contributed by atoms with E-state index >= 15 is 0 Å². The summed E-state index contributed by atoms with van der Waals surface area (Å²) in [4.78, 5) is 3.71. The zero-order chi connectivity index (χ0) is 8.10. The molecule has 0 heterocycles. The number of nitriles is 1. The van der Waals surface area contributed by atoms with Gasteiger partial charge in [0, 0.05) is 0 Å². The maximum absolute atomic E-state index is 8.61. The summed E-state index contributed by atoms with van der Waals surface area (Å²) in [5, 5.41) is 8.61. The third kappa shape index (κ3) is 1.56. The van der Waals surface area contributed by atoms with Crippen LogP contribution in [0.15, 0.2) is 24.3 Å². The highest BCUT2D eigenvalue weighted by molar-refractivity contribution is 5.46. The zero-order valence-electron chi connectivity index (χ0n) is 6.20. The van der Waals surface area contributed by atoms with Crippen LogP contribution in [0.1, 0.15) is 11.1 Å². The number of hydrogen-bond acceptors (Lipinski definition) is 1. The number of benzene rings is 1. The van der Waals surface area contributed by atoms with Gasteiger partial charge in [0.15, 0.2) is 0 Å². The van der Waals surface area contributed by atoms with Crippen LogP contribution < -0.4 is 0 Å². The van der Waals surface area contributed by atoms with E-state index in [4.69, 9.17) is 5.26 Å². The van der Waals surface area contributed by atoms with E-state index in [2.05, 4.69) is 17.0 Å². The van der Waals surface area contributed by atoms with E-state index in [0.717, 1.165) is 5.56 Å². The van der Waals surface area contributed by atoms with Crippen LogP contribution in [0.2, 0.25) is 0 Å². The standard InChI is InChI=1S/C9H7N2/c1-11-7-9-5-3-2-4-8(9)6-10/h2-5H,1H3/q+1. The largest absolute Gasteiger partial charge is 0.312 e. The molecule has 0 bridgehead atoms. The van der Waals surface area contributed by atoms with Crippen molar-refractivity contribution in [2.45, 2.75) is 0 Å². The van der Waals surface area contributed by atoms with Crippen LogP contribution in [-0.2, 0) is 0 Å². The third-order valence-corrected chi connectivity index (χ3v) is 1.28. The van der Waals surface area contributed by atoms with Crippen LogP contribution in [-0.4, -0.2) is 7.05 Å². The van der Waals surface area contributed by atoms with Gasteiger partial charge in [0.1, 0.15) is 11.6 Å². The molecule has 0 spiro atoms. The summed E-state index contributed by atoms with van der Waals surface area (Å²) in [6, 6.07) is 12.0. The molecule has 0 atom stereocenters. The van der Waals surface area contributed by atoms with E-state index in [1.807, 2.05) is 18.2 Å². The molecule has 0 aliphatic heterocycles. The first-order valence-electron chi connectivity index (χ1n) is 3.22. The Hall–Kier alpha value is -1.80. The predicted molar refractivity (Wildman–Crippen MR) is 43.4 cm³/mol. The molecule has 1 rings (SSSR count). The van der Waals surface area contributed by atoms with Crippen LogP contribution >= 0.6 is 0 Å². The van der Waals surface area contributed by atoms with Gasteiger partial charge in [0.05, 0.1) is 5.56 Å². The fourth-order valence-electron chi connectivity index (χ4n) is 0.799. The summed E-state index contributed by atoms with van der Waals surface area (Å²) in [6.07, 6.45) is 0.